The number of H-pyrrole nitrogens is 1. The third-order valence-electron chi connectivity index (χ3n) is 3.83. The number of benzene rings is 1. The molecule has 23 heavy (non-hydrogen) atoms. The van der Waals surface area contributed by atoms with E-state index >= 15 is 0 Å². The Kier molecular flexibility index (Phi) is 3.85. The van der Waals surface area contributed by atoms with E-state index in [2.05, 4.69) is 20.6 Å². The van der Waals surface area contributed by atoms with Crippen LogP contribution in [0.4, 0.5) is 0 Å². The number of likely N-dealkylation sites (tertiary alicyclic amines) is 1. The predicted molar refractivity (Wildman–Crippen MR) is 84.7 cm³/mol. The lowest BCUT2D eigenvalue weighted by Crippen LogP contribution is -2.54. The zero-order valence-electron chi connectivity index (χ0n) is 13.4. The number of aromatic nitrogens is 4. The van der Waals surface area contributed by atoms with Gasteiger partial charge >= 0.3 is 0 Å². The number of hydrogen-bond donors (Lipinski definition) is 1. The Morgan fingerprint density at radius 3 is 2.57 bits per heavy atom. The Hall–Kier alpha value is -2.70. The lowest BCUT2D eigenvalue weighted by Gasteiger charge is -2.39. The van der Waals surface area contributed by atoms with Crippen LogP contribution < -0.4 is 4.74 Å². The van der Waals surface area contributed by atoms with Crippen LogP contribution in [0.3, 0.4) is 0 Å². The molecule has 0 atom stereocenters. The number of rotatable bonds is 4. The van der Waals surface area contributed by atoms with Crippen molar-refractivity contribution in [1.29, 1.82) is 0 Å². The van der Waals surface area contributed by atoms with Gasteiger partial charge in [-0.15, -0.1) is 10.2 Å². The van der Waals surface area contributed by atoms with Crippen LogP contribution in [0.1, 0.15) is 20.8 Å². The van der Waals surface area contributed by atoms with Gasteiger partial charge in [0.1, 0.15) is 5.75 Å². The summed E-state index contributed by atoms with van der Waals surface area (Å²) in [5.74, 6) is 1.14. The van der Waals surface area contributed by atoms with Crippen molar-refractivity contribution in [3.05, 3.63) is 35.9 Å². The summed E-state index contributed by atoms with van der Waals surface area (Å²) in [7, 11) is 0. The average Bonchev–Trinajstić information content (AvgIpc) is 3.00. The maximum absolute atomic E-state index is 12.5. The molecule has 120 valence electrons. The molecule has 1 N–H and O–H groups in total. The average molecular weight is 313 g/mol. The first-order chi connectivity index (χ1) is 11.0. The summed E-state index contributed by atoms with van der Waals surface area (Å²) >= 11 is 0. The SMILES string of the molecule is CC=C1CN(C(=O)C(C)(C)Oc2ccc(-c3nn[nH]n3)cc2)C1. The molecule has 1 fully saturated rings. The number of allylic oxidation sites excluding steroid dienone is 1. The van der Waals surface area contributed by atoms with Crippen LogP contribution in [0.25, 0.3) is 11.4 Å². The number of ether oxygens (including phenoxy) is 1. The molecule has 0 spiro atoms. The molecule has 0 saturated carbocycles. The van der Waals surface area contributed by atoms with Gasteiger partial charge in [-0.3, -0.25) is 4.79 Å². The monoisotopic (exact) mass is 313 g/mol. The Morgan fingerprint density at radius 2 is 2.00 bits per heavy atom. The molecule has 0 aliphatic carbocycles. The van der Waals surface area contributed by atoms with E-state index in [9.17, 15) is 4.79 Å². The van der Waals surface area contributed by atoms with Gasteiger partial charge in [0.2, 0.25) is 5.82 Å². The number of amides is 1. The summed E-state index contributed by atoms with van der Waals surface area (Å²) < 4.78 is 5.89. The molecule has 7 nitrogen and oxygen atoms in total. The van der Waals surface area contributed by atoms with E-state index in [1.165, 1.54) is 5.57 Å². The molecule has 1 aromatic heterocycles. The van der Waals surface area contributed by atoms with Gasteiger partial charge in [0.05, 0.1) is 0 Å². The van der Waals surface area contributed by atoms with Gasteiger partial charge in [-0.05, 0) is 55.8 Å². The van der Waals surface area contributed by atoms with Crippen LogP contribution in [0.2, 0.25) is 0 Å². The highest BCUT2D eigenvalue weighted by atomic mass is 16.5. The third kappa shape index (κ3) is 3.08. The van der Waals surface area contributed by atoms with E-state index in [0.717, 1.165) is 5.56 Å². The molecule has 1 amide bonds. The summed E-state index contributed by atoms with van der Waals surface area (Å²) in [6.45, 7) is 6.95. The van der Waals surface area contributed by atoms with E-state index in [0.29, 0.717) is 24.7 Å². The maximum atomic E-state index is 12.5. The second-order valence-electron chi connectivity index (χ2n) is 5.98. The van der Waals surface area contributed by atoms with Gasteiger partial charge in [-0.1, -0.05) is 6.08 Å². The zero-order chi connectivity index (χ0) is 16.4. The van der Waals surface area contributed by atoms with Crippen molar-refractivity contribution < 1.29 is 9.53 Å². The molecule has 1 aromatic carbocycles. The maximum Gasteiger partial charge on any atom is 0.266 e. The molecular formula is C16H19N5O2. The summed E-state index contributed by atoms with van der Waals surface area (Å²) in [5, 5.41) is 13.8. The van der Waals surface area contributed by atoms with E-state index in [1.54, 1.807) is 30.9 Å². The Balaban J connectivity index is 1.67. The van der Waals surface area contributed by atoms with Crippen LogP contribution in [0, 0.1) is 0 Å². The zero-order valence-corrected chi connectivity index (χ0v) is 13.4. The van der Waals surface area contributed by atoms with E-state index < -0.39 is 5.60 Å². The van der Waals surface area contributed by atoms with E-state index in [1.807, 2.05) is 25.1 Å². The van der Waals surface area contributed by atoms with E-state index in [4.69, 9.17) is 4.74 Å². The number of aromatic amines is 1. The van der Waals surface area contributed by atoms with Crippen LogP contribution in [-0.2, 0) is 4.79 Å². The highest BCUT2D eigenvalue weighted by Gasteiger charge is 2.38. The highest BCUT2D eigenvalue weighted by molar-refractivity contribution is 5.86. The van der Waals surface area contributed by atoms with Gasteiger partial charge in [0, 0.05) is 18.7 Å². The lowest BCUT2D eigenvalue weighted by molar-refractivity contribution is -0.146. The van der Waals surface area contributed by atoms with Crippen molar-refractivity contribution in [1.82, 2.24) is 25.5 Å². The Morgan fingerprint density at radius 1 is 1.30 bits per heavy atom. The van der Waals surface area contributed by atoms with Crippen LogP contribution >= 0.6 is 0 Å². The largest absolute Gasteiger partial charge is 0.478 e. The molecule has 1 aliphatic heterocycles. The second-order valence-corrected chi connectivity index (χ2v) is 5.98. The van der Waals surface area contributed by atoms with Gasteiger partial charge in [-0.2, -0.15) is 5.21 Å². The number of carbonyl (C=O) groups excluding carboxylic acids is 1. The minimum absolute atomic E-state index is 0.00894. The van der Waals surface area contributed by atoms with Crippen LogP contribution in [-0.4, -0.2) is 50.1 Å². The summed E-state index contributed by atoms with van der Waals surface area (Å²) in [6.07, 6.45) is 2.05. The fourth-order valence-electron chi connectivity index (χ4n) is 2.45. The van der Waals surface area contributed by atoms with E-state index in [-0.39, 0.29) is 5.91 Å². The molecular weight excluding hydrogens is 294 g/mol. The highest BCUT2D eigenvalue weighted by Crippen LogP contribution is 2.25. The lowest BCUT2D eigenvalue weighted by atomic mass is 10.0. The molecule has 2 heterocycles. The first-order valence-electron chi connectivity index (χ1n) is 7.46. The fourth-order valence-corrected chi connectivity index (χ4v) is 2.45. The molecule has 2 aromatic rings. The molecule has 0 unspecified atom stereocenters. The molecule has 1 saturated heterocycles. The number of nitrogens with one attached hydrogen (secondary N) is 1. The third-order valence-corrected chi connectivity index (χ3v) is 3.83. The summed E-state index contributed by atoms with van der Waals surface area (Å²) in [6, 6.07) is 7.27. The first kappa shape index (κ1) is 15.2. The van der Waals surface area contributed by atoms with Crippen molar-refractivity contribution in [2.45, 2.75) is 26.4 Å². The number of hydrogen-bond acceptors (Lipinski definition) is 5. The molecule has 1 aliphatic rings. The number of nitrogens with zero attached hydrogens (tertiary/aromatic N) is 4. The fraction of sp³-hybridized carbons (Fsp3) is 0.375. The smallest absolute Gasteiger partial charge is 0.266 e. The molecule has 0 bridgehead atoms. The molecule has 0 radical (unpaired) electrons. The number of tetrazole rings is 1. The summed E-state index contributed by atoms with van der Waals surface area (Å²) in [5.41, 5.74) is 1.20. The molecule has 3 rings (SSSR count). The van der Waals surface area contributed by atoms with Crippen molar-refractivity contribution in [2.75, 3.05) is 13.1 Å². The second kappa shape index (κ2) is 5.83. The van der Waals surface area contributed by atoms with Crippen LogP contribution in [0.5, 0.6) is 5.75 Å². The topological polar surface area (TPSA) is 84.0 Å². The van der Waals surface area contributed by atoms with Crippen molar-refractivity contribution in [3.63, 3.8) is 0 Å². The Labute approximate surface area is 134 Å². The Bertz CT molecular complexity index is 711. The molecule has 7 heteroatoms. The standard InChI is InChI=1S/C16H19N5O2/c1-4-11-9-21(10-11)15(22)16(2,3)23-13-7-5-12(6-8-13)14-17-19-20-18-14/h4-8H,9-10H2,1-3H3,(H,17,18,19,20). The van der Waals surface area contributed by atoms with Gasteiger partial charge in [-0.25, -0.2) is 0 Å². The first-order valence-corrected chi connectivity index (χ1v) is 7.46. The predicted octanol–water partition coefficient (Wildman–Crippen LogP) is 1.81. The summed E-state index contributed by atoms with van der Waals surface area (Å²) in [4.78, 5) is 14.3. The minimum atomic E-state index is -0.910. The van der Waals surface area contributed by atoms with Crippen molar-refractivity contribution >= 4 is 5.91 Å². The van der Waals surface area contributed by atoms with Gasteiger partial charge in [0.25, 0.3) is 5.91 Å². The van der Waals surface area contributed by atoms with Crippen LogP contribution in [0.15, 0.2) is 35.9 Å². The van der Waals surface area contributed by atoms with Gasteiger partial charge in [0.15, 0.2) is 5.60 Å². The van der Waals surface area contributed by atoms with Crippen molar-refractivity contribution in [2.24, 2.45) is 0 Å². The normalized spacial score (nSPS) is 14.4. The minimum Gasteiger partial charge on any atom is -0.478 e. The quantitative estimate of drug-likeness (QED) is 0.870. The van der Waals surface area contributed by atoms with Crippen molar-refractivity contribution in [3.8, 4) is 17.1 Å². The number of carbonyl (C=O) groups is 1. The van der Waals surface area contributed by atoms with Gasteiger partial charge < -0.3 is 9.64 Å².